The van der Waals surface area contributed by atoms with E-state index in [1.165, 1.54) is 6.07 Å². The van der Waals surface area contributed by atoms with E-state index in [0.717, 1.165) is 0 Å². The molecular formula is C9H6O4. The van der Waals surface area contributed by atoms with E-state index in [1.54, 1.807) is 18.2 Å². The molecule has 66 valence electrons. The number of para-hydroxylation sites is 1. The Morgan fingerprint density at radius 2 is 1.77 bits per heavy atom. The van der Waals surface area contributed by atoms with Crippen molar-refractivity contribution in [3.8, 4) is 11.5 Å². The number of rotatable bonds is 0. The average molecular weight is 178 g/mol. The van der Waals surface area contributed by atoms with Gasteiger partial charge in [0.25, 0.3) is 0 Å². The molecule has 0 atom stereocenters. The summed E-state index contributed by atoms with van der Waals surface area (Å²) >= 11 is 0. The van der Waals surface area contributed by atoms with Gasteiger partial charge in [-0.1, -0.05) is 12.1 Å². The molecule has 2 N–H and O–H groups in total. The standard InChI is InChI=1S/C9H6O4/c10-7-5-3-1-2-4-6(5)13-9(12)8(7)11/h1-4,10-11H. The minimum absolute atomic E-state index is 0.253. The van der Waals surface area contributed by atoms with Crippen molar-refractivity contribution in [3.63, 3.8) is 0 Å². The van der Waals surface area contributed by atoms with Crippen molar-refractivity contribution < 1.29 is 14.6 Å². The maximum atomic E-state index is 10.9. The lowest BCUT2D eigenvalue weighted by Crippen LogP contribution is -1.97. The molecule has 0 fully saturated rings. The van der Waals surface area contributed by atoms with Gasteiger partial charge in [0.2, 0.25) is 5.75 Å². The molecule has 2 rings (SSSR count). The summed E-state index contributed by atoms with van der Waals surface area (Å²) in [5.41, 5.74) is -0.681. The molecule has 0 bridgehead atoms. The highest BCUT2D eigenvalue weighted by Gasteiger charge is 2.10. The van der Waals surface area contributed by atoms with Crippen molar-refractivity contribution in [1.29, 1.82) is 0 Å². The Hall–Kier alpha value is -1.97. The molecule has 0 aliphatic carbocycles. The summed E-state index contributed by atoms with van der Waals surface area (Å²) in [7, 11) is 0. The summed E-state index contributed by atoms with van der Waals surface area (Å²) in [5, 5.41) is 18.7. The van der Waals surface area contributed by atoms with Crippen LogP contribution in [0.2, 0.25) is 0 Å². The Kier molecular flexibility index (Phi) is 1.48. The second-order valence-electron chi connectivity index (χ2n) is 2.58. The van der Waals surface area contributed by atoms with E-state index in [0.29, 0.717) is 5.39 Å². The lowest BCUT2D eigenvalue weighted by Gasteiger charge is -1.99. The number of fused-ring (bicyclic) bond motifs is 1. The summed E-state index contributed by atoms with van der Waals surface area (Å²) in [5.74, 6) is -1.19. The SMILES string of the molecule is O=c1oc2ccccc2c(O)c1O. The Morgan fingerprint density at radius 1 is 1.08 bits per heavy atom. The third-order valence-electron chi connectivity index (χ3n) is 1.76. The molecular weight excluding hydrogens is 172 g/mol. The van der Waals surface area contributed by atoms with Crippen molar-refractivity contribution in [2.45, 2.75) is 0 Å². The van der Waals surface area contributed by atoms with Gasteiger partial charge < -0.3 is 14.6 Å². The van der Waals surface area contributed by atoms with Crippen LogP contribution >= 0.6 is 0 Å². The molecule has 1 aromatic carbocycles. The molecule has 0 amide bonds. The van der Waals surface area contributed by atoms with E-state index < -0.39 is 17.1 Å². The highest BCUT2D eigenvalue weighted by molar-refractivity contribution is 5.84. The van der Waals surface area contributed by atoms with E-state index in [-0.39, 0.29) is 5.58 Å². The van der Waals surface area contributed by atoms with Gasteiger partial charge in [-0.2, -0.15) is 0 Å². The zero-order valence-corrected chi connectivity index (χ0v) is 6.52. The number of benzene rings is 1. The Morgan fingerprint density at radius 3 is 2.54 bits per heavy atom. The first-order valence-corrected chi connectivity index (χ1v) is 3.64. The van der Waals surface area contributed by atoms with Crippen LogP contribution in [0.15, 0.2) is 33.5 Å². The normalized spacial score (nSPS) is 10.5. The van der Waals surface area contributed by atoms with Crippen LogP contribution in [0.1, 0.15) is 0 Å². The van der Waals surface area contributed by atoms with Crippen molar-refractivity contribution in [2.75, 3.05) is 0 Å². The van der Waals surface area contributed by atoms with E-state index in [9.17, 15) is 9.90 Å². The highest BCUT2D eigenvalue weighted by Crippen LogP contribution is 2.29. The third-order valence-corrected chi connectivity index (χ3v) is 1.76. The Bertz CT molecular complexity index is 512. The topological polar surface area (TPSA) is 70.7 Å². The zero-order valence-electron chi connectivity index (χ0n) is 6.52. The van der Waals surface area contributed by atoms with Crippen LogP contribution in [0.4, 0.5) is 0 Å². The fourth-order valence-corrected chi connectivity index (χ4v) is 1.12. The minimum atomic E-state index is -0.934. The molecule has 0 spiro atoms. The summed E-state index contributed by atoms with van der Waals surface area (Å²) in [6.45, 7) is 0. The van der Waals surface area contributed by atoms with Crippen LogP contribution in [0.5, 0.6) is 11.5 Å². The average Bonchev–Trinajstić information content (AvgIpc) is 2.15. The minimum Gasteiger partial charge on any atom is -0.504 e. The van der Waals surface area contributed by atoms with E-state index in [4.69, 9.17) is 9.52 Å². The molecule has 2 aromatic rings. The number of hydrogen-bond donors (Lipinski definition) is 2. The summed E-state index contributed by atoms with van der Waals surface area (Å²) < 4.78 is 4.71. The maximum absolute atomic E-state index is 10.9. The van der Waals surface area contributed by atoms with Crippen molar-refractivity contribution >= 4 is 11.0 Å². The van der Waals surface area contributed by atoms with Crippen molar-refractivity contribution in [2.24, 2.45) is 0 Å². The molecule has 1 aromatic heterocycles. The first-order valence-electron chi connectivity index (χ1n) is 3.64. The molecule has 0 aliphatic heterocycles. The van der Waals surface area contributed by atoms with E-state index in [2.05, 4.69) is 0 Å². The lowest BCUT2D eigenvalue weighted by atomic mass is 10.2. The molecule has 0 saturated heterocycles. The molecule has 0 saturated carbocycles. The summed E-state index contributed by atoms with van der Waals surface area (Å²) in [6, 6.07) is 6.42. The van der Waals surface area contributed by atoms with Crippen LogP contribution in [-0.2, 0) is 0 Å². The van der Waals surface area contributed by atoms with Gasteiger partial charge in [-0.25, -0.2) is 4.79 Å². The quantitative estimate of drug-likeness (QED) is 0.594. The molecule has 13 heavy (non-hydrogen) atoms. The Balaban J connectivity index is 3.02. The number of aromatic hydroxyl groups is 2. The van der Waals surface area contributed by atoms with Gasteiger partial charge in [0, 0.05) is 0 Å². The van der Waals surface area contributed by atoms with Crippen LogP contribution in [0.25, 0.3) is 11.0 Å². The van der Waals surface area contributed by atoms with Crippen molar-refractivity contribution in [3.05, 3.63) is 34.7 Å². The fourth-order valence-electron chi connectivity index (χ4n) is 1.12. The van der Waals surface area contributed by atoms with Gasteiger partial charge in [-0.05, 0) is 12.1 Å². The second kappa shape index (κ2) is 2.52. The first kappa shape index (κ1) is 7.67. The van der Waals surface area contributed by atoms with Crippen LogP contribution in [0, 0.1) is 0 Å². The predicted molar refractivity (Wildman–Crippen MR) is 45.8 cm³/mol. The zero-order chi connectivity index (χ0) is 9.42. The molecule has 0 radical (unpaired) electrons. The lowest BCUT2D eigenvalue weighted by molar-refractivity contribution is 0.378. The first-order chi connectivity index (χ1) is 6.20. The van der Waals surface area contributed by atoms with Gasteiger partial charge in [-0.15, -0.1) is 0 Å². The monoisotopic (exact) mass is 178 g/mol. The van der Waals surface area contributed by atoms with Gasteiger partial charge in [0.1, 0.15) is 5.58 Å². The highest BCUT2D eigenvalue weighted by atomic mass is 16.4. The van der Waals surface area contributed by atoms with Gasteiger partial charge in [-0.3, -0.25) is 0 Å². The van der Waals surface area contributed by atoms with Crippen molar-refractivity contribution in [1.82, 2.24) is 0 Å². The second-order valence-corrected chi connectivity index (χ2v) is 2.58. The van der Waals surface area contributed by atoms with Gasteiger partial charge >= 0.3 is 5.63 Å². The largest absolute Gasteiger partial charge is 0.504 e. The Labute approximate surface area is 72.7 Å². The smallest absolute Gasteiger partial charge is 0.382 e. The van der Waals surface area contributed by atoms with Gasteiger partial charge in [0.15, 0.2) is 5.75 Å². The molecule has 0 unspecified atom stereocenters. The van der Waals surface area contributed by atoms with Crippen LogP contribution in [0.3, 0.4) is 0 Å². The molecule has 4 heteroatoms. The van der Waals surface area contributed by atoms with E-state index in [1.807, 2.05) is 0 Å². The maximum Gasteiger partial charge on any atom is 0.382 e. The molecule has 1 heterocycles. The molecule has 0 aliphatic rings. The molecule has 4 nitrogen and oxygen atoms in total. The van der Waals surface area contributed by atoms with Gasteiger partial charge in [0.05, 0.1) is 5.39 Å². The van der Waals surface area contributed by atoms with Crippen LogP contribution in [-0.4, -0.2) is 10.2 Å². The predicted octanol–water partition coefficient (Wildman–Crippen LogP) is 1.20. The number of hydrogen-bond acceptors (Lipinski definition) is 4. The summed E-state index contributed by atoms with van der Waals surface area (Å²) in [4.78, 5) is 10.9. The van der Waals surface area contributed by atoms with Crippen LogP contribution < -0.4 is 5.63 Å². The summed E-state index contributed by atoms with van der Waals surface area (Å²) in [6.07, 6.45) is 0. The van der Waals surface area contributed by atoms with E-state index >= 15 is 0 Å². The third kappa shape index (κ3) is 1.03. The fraction of sp³-hybridized carbons (Fsp3) is 0.